The van der Waals surface area contributed by atoms with Crippen LogP contribution in [0.5, 0.6) is 5.75 Å². The average Bonchev–Trinajstić information content (AvgIpc) is 3.09. The van der Waals surface area contributed by atoms with Gasteiger partial charge in [-0.05, 0) is 28.7 Å². The largest absolute Gasteiger partial charge is 0.497 e. The monoisotopic (exact) mass is 393 g/mol. The second kappa shape index (κ2) is 8.65. The normalized spacial score (nSPS) is 11.4. The number of hydrogen-bond donors (Lipinski definition) is 0. The number of methoxy groups -OCH3 is 1. The predicted octanol–water partition coefficient (Wildman–Crippen LogP) is 5.73. The second-order valence-electron chi connectivity index (χ2n) is 7.67. The molecule has 0 aliphatic carbocycles. The lowest BCUT2D eigenvalue weighted by atomic mass is 9.87. The molecule has 0 radical (unpaired) electrons. The Balaban J connectivity index is 1.84. The van der Waals surface area contributed by atoms with Crippen molar-refractivity contribution in [1.29, 1.82) is 0 Å². The number of thioether (sulfide) groups is 1. The van der Waals surface area contributed by atoms with Crippen molar-refractivity contribution >= 4 is 11.8 Å². The van der Waals surface area contributed by atoms with Gasteiger partial charge in [-0.25, -0.2) is 0 Å². The van der Waals surface area contributed by atoms with Crippen LogP contribution in [0, 0.1) is 0 Å². The zero-order valence-electron chi connectivity index (χ0n) is 17.0. The van der Waals surface area contributed by atoms with Crippen LogP contribution in [0.4, 0.5) is 0 Å². The molecule has 0 saturated carbocycles. The van der Waals surface area contributed by atoms with E-state index in [0.717, 1.165) is 28.0 Å². The van der Waals surface area contributed by atoms with Crippen molar-refractivity contribution < 1.29 is 4.74 Å². The Morgan fingerprint density at radius 1 is 1.11 bits per heavy atom. The van der Waals surface area contributed by atoms with E-state index in [1.165, 1.54) is 11.1 Å². The molecular formula is C23H27N3OS. The molecule has 0 amide bonds. The first-order chi connectivity index (χ1) is 13.4. The van der Waals surface area contributed by atoms with Gasteiger partial charge >= 0.3 is 0 Å². The summed E-state index contributed by atoms with van der Waals surface area (Å²) in [5, 5.41) is 9.79. The first kappa shape index (κ1) is 20.2. The molecule has 1 heterocycles. The summed E-state index contributed by atoms with van der Waals surface area (Å²) in [5.74, 6) is 2.54. The third-order valence-electron chi connectivity index (χ3n) is 4.54. The minimum atomic E-state index is 0.130. The van der Waals surface area contributed by atoms with Crippen LogP contribution >= 0.6 is 11.8 Å². The van der Waals surface area contributed by atoms with Crippen LogP contribution in [-0.2, 0) is 17.7 Å². The molecule has 2 aromatic carbocycles. The maximum absolute atomic E-state index is 5.31. The third-order valence-corrected chi connectivity index (χ3v) is 5.58. The number of hydrogen-bond acceptors (Lipinski definition) is 4. The van der Waals surface area contributed by atoms with E-state index in [0.29, 0.717) is 6.54 Å². The highest BCUT2D eigenvalue weighted by atomic mass is 32.2. The van der Waals surface area contributed by atoms with Crippen LogP contribution in [0.25, 0.3) is 11.4 Å². The summed E-state index contributed by atoms with van der Waals surface area (Å²) in [6.45, 7) is 11.2. The topological polar surface area (TPSA) is 39.9 Å². The fraction of sp³-hybridized carbons (Fsp3) is 0.304. The molecule has 0 unspecified atom stereocenters. The van der Waals surface area contributed by atoms with E-state index < -0.39 is 0 Å². The summed E-state index contributed by atoms with van der Waals surface area (Å²) in [6.07, 6.45) is 1.88. The maximum atomic E-state index is 5.31. The van der Waals surface area contributed by atoms with Crippen LogP contribution in [-0.4, -0.2) is 21.9 Å². The number of ether oxygens (including phenoxy) is 1. The molecule has 0 aliphatic rings. The highest BCUT2D eigenvalue weighted by Crippen LogP contribution is 2.29. The Morgan fingerprint density at radius 2 is 1.86 bits per heavy atom. The molecule has 146 valence electrons. The Hall–Kier alpha value is -2.53. The van der Waals surface area contributed by atoms with Crippen LogP contribution in [0.2, 0.25) is 0 Å². The molecule has 1 aromatic heterocycles. The van der Waals surface area contributed by atoms with Gasteiger partial charge in [0.1, 0.15) is 5.75 Å². The van der Waals surface area contributed by atoms with Crippen LogP contribution in [0.3, 0.4) is 0 Å². The molecule has 0 N–H and O–H groups in total. The lowest BCUT2D eigenvalue weighted by Crippen LogP contribution is -2.10. The zero-order valence-corrected chi connectivity index (χ0v) is 17.8. The van der Waals surface area contributed by atoms with E-state index in [2.05, 4.69) is 72.4 Å². The van der Waals surface area contributed by atoms with Crippen LogP contribution in [0.15, 0.2) is 66.3 Å². The molecule has 0 bridgehead atoms. The van der Waals surface area contributed by atoms with Gasteiger partial charge in [0, 0.05) is 17.9 Å². The van der Waals surface area contributed by atoms with Gasteiger partial charge < -0.3 is 4.74 Å². The molecule has 0 spiro atoms. The van der Waals surface area contributed by atoms with Crippen molar-refractivity contribution in [3.8, 4) is 17.1 Å². The van der Waals surface area contributed by atoms with Gasteiger partial charge in [-0.1, -0.05) is 75.0 Å². The fourth-order valence-electron chi connectivity index (χ4n) is 2.93. The molecular weight excluding hydrogens is 366 g/mol. The van der Waals surface area contributed by atoms with Gasteiger partial charge in [0.15, 0.2) is 11.0 Å². The van der Waals surface area contributed by atoms with Gasteiger partial charge in [0.25, 0.3) is 0 Å². The molecule has 28 heavy (non-hydrogen) atoms. The number of rotatable bonds is 7. The summed E-state index contributed by atoms with van der Waals surface area (Å²) >= 11 is 1.67. The average molecular weight is 394 g/mol. The smallest absolute Gasteiger partial charge is 0.192 e. The molecule has 4 nitrogen and oxygen atoms in total. The SMILES string of the molecule is C=CCn1c(SCc2cccc(OC)c2)nnc1-c1ccc(C(C)(C)C)cc1. The van der Waals surface area contributed by atoms with E-state index in [-0.39, 0.29) is 5.41 Å². The van der Waals surface area contributed by atoms with Gasteiger partial charge in [0.2, 0.25) is 0 Å². The predicted molar refractivity (Wildman–Crippen MR) is 117 cm³/mol. The van der Waals surface area contributed by atoms with Crippen molar-refractivity contribution in [3.63, 3.8) is 0 Å². The molecule has 0 fully saturated rings. The van der Waals surface area contributed by atoms with Crippen molar-refractivity contribution in [3.05, 3.63) is 72.3 Å². The van der Waals surface area contributed by atoms with E-state index >= 15 is 0 Å². The molecule has 3 rings (SSSR count). The second-order valence-corrected chi connectivity index (χ2v) is 8.62. The highest BCUT2D eigenvalue weighted by Gasteiger charge is 2.16. The number of allylic oxidation sites excluding steroid dienone is 1. The molecule has 3 aromatic rings. The van der Waals surface area contributed by atoms with Crippen molar-refractivity contribution in [2.24, 2.45) is 0 Å². The number of benzene rings is 2. The summed E-state index contributed by atoms with van der Waals surface area (Å²) in [4.78, 5) is 0. The lowest BCUT2D eigenvalue weighted by Gasteiger charge is -2.19. The third kappa shape index (κ3) is 4.65. The Bertz CT molecular complexity index is 939. The van der Waals surface area contributed by atoms with E-state index in [9.17, 15) is 0 Å². The summed E-state index contributed by atoms with van der Waals surface area (Å²) < 4.78 is 7.42. The summed E-state index contributed by atoms with van der Waals surface area (Å²) in [5.41, 5.74) is 3.69. The summed E-state index contributed by atoms with van der Waals surface area (Å²) in [7, 11) is 1.68. The summed E-state index contributed by atoms with van der Waals surface area (Å²) in [6, 6.07) is 16.7. The van der Waals surface area contributed by atoms with Crippen molar-refractivity contribution in [2.75, 3.05) is 7.11 Å². The fourth-order valence-corrected chi connectivity index (χ4v) is 3.82. The van der Waals surface area contributed by atoms with Crippen molar-refractivity contribution in [1.82, 2.24) is 14.8 Å². The minimum absolute atomic E-state index is 0.130. The highest BCUT2D eigenvalue weighted by molar-refractivity contribution is 7.98. The Morgan fingerprint density at radius 3 is 2.50 bits per heavy atom. The standard InChI is InChI=1S/C23H27N3OS/c1-6-14-26-21(18-10-12-19(13-11-18)23(2,3)4)24-25-22(26)28-16-17-8-7-9-20(15-17)27-5/h6-13,15H,1,14,16H2,2-5H3. The lowest BCUT2D eigenvalue weighted by molar-refractivity contribution is 0.414. The van der Waals surface area contributed by atoms with E-state index in [1.807, 2.05) is 24.3 Å². The molecule has 0 aliphatic heterocycles. The van der Waals surface area contributed by atoms with E-state index in [1.54, 1.807) is 18.9 Å². The quantitative estimate of drug-likeness (QED) is 0.380. The van der Waals surface area contributed by atoms with Gasteiger partial charge in [-0.2, -0.15) is 0 Å². The van der Waals surface area contributed by atoms with Crippen LogP contribution < -0.4 is 4.74 Å². The Labute approximate surface area is 171 Å². The molecule has 0 atom stereocenters. The van der Waals surface area contributed by atoms with Crippen LogP contribution in [0.1, 0.15) is 31.9 Å². The van der Waals surface area contributed by atoms with Gasteiger partial charge in [0.05, 0.1) is 7.11 Å². The first-order valence-corrected chi connectivity index (χ1v) is 10.3. The molecule has 5 heteroatoms. The molecule has 0 saturated heterocycles. The minimum Gasteiger partial charge on any atom is -0.497 e. The number of nitrogens with zero attached hydrogens (tertiary/aromatic N) is 3. The first-order valence-electron chi connectivity index (χ1n) is 9.33. The van der Waals surface area contributed by atoms with Gasteiger partial charge in [-0.15, -0.1) is 16.8 Å². The maximum Gasteiger partial charge on any atom is 0.192 e. The Kier molecular flexibility index (Phi) is 6.25. The zero-order chi connectivity index (χ0) is 20.1. The van der Waals surface area contributed by atoms with Gasteiger partial charge in [-0.3, -0.25) is 4.57 Å². The van der Waals surface area contributed by atoms with Crippen molar-refractivity contribution in [2.45, 2.75) is 43.6 Å². The number of aromatic nitrogens is 3. The van der Waals surface area contributed by atoms with E-state index in [4.69, 9.17) is 4.74 Å².